The fourth-order valence-corrected chi connectivity index (χ4v) is 2.71. The quantitative estimate of drug-likeness (QED) is 0.560. The summed E-state index contributed by atoms with van der Waals surface area (Å²) in [6.45, 7) is 0.255. The Bertz CT molecular complexity index is 962. The van der Waals surface area contributed by atoms with Crippen LogP contribution >= 0.6 is 11.6 Å². The topological polar surface area (TPSA) is 38.3 Å². The van der Waals surface area contributed by atoms with E-state index in [0.717, 1.165) is 0 Å². The molecule has 0 aliphatic heterocycles. The molecule has 0 radical (unpaired) electrons. The van der Waals surface area contributed by atoms with Crippen molar-refractivity contribution in [3.63, 3.8) is 0 Å². The zero-order chi connectivity index (χ0) is 19.2. The fraction of sp³-hybridized carbons (Fsp3) is 0.0952. The molecule has 3 nitrogen and oxygen atoms in total. The monoisotopic (exact) mass is 387 g/mol. The van der Waals surface area contributed by atoms with E-state index in [-0.39, 0.29) is 18.0 Å². The summed E-state index contributed by atoms with van der Waals surface area (Å²) in [5.74, 6) is -1.31. The smallest absolute Gasteiger partial charge is 0.340 e. The van der Waals surface area contributed by atoms with Crippen molar-refractivity contribution >= 4 is 23.3 Å². The number of hydrogen-bond acceptors (Lipinski definition) is 3. The van der Waals surface area contributed by atoms with Gasteiger partial charge in [0, 0.05) is 11.6 Å². The summed E-state index contributed by atoms with van der Waals surface area (Å²) in [6.07, 6.45) is 0. The minimum atomic E-state index is -0.572. The number of nitrogens with one attached hydrogen (secondary N) is 1. The van der Waals surface area contributed by atoms with Crippen molar-refractivity contribution in [1.29, 1.82) is 0 Å². The van der Waals surface area contributed by atoms with Crippen LogP contribution in [0.1, 0.15) is 21.5 Å². The first-order valence-electron chi connectivity index (χ1n) is 8.21. The molecular weight excluding hydrogens is 372 g/mol. The third-order valence-corrected chi connectivity index (χ3v) is 4.07. The van der Waals surface area contributed by atoms with Gasteiger partial charge in [-0.1, -0.05) is 35.9 Å². The number of esters is 1. The molecule has 0 unspecified atom stereocenters. The minimum absolute atomic E-state index is 0.0530. The van der Waals surface area contributed by atoms with Crippen LogP contribution in [0, 0.1) is 11.6 Å². The lowest BCUT2D eigenvalue weighted by molar-refractivity contribution is 0.0473. The largest absolute Gasteiger partial charge is 0.457 e. The number of ether oxygens (including phenoxy) is 1. The van der Waals surface area contributed by atoms with Crippen molar-refractivity contribution in [3.05, 3.63) is 100 Å². The number of benzene rings is 3. The molecule has 0 bridgehead atoms. The van der Waals surface area contributed by atoms with E-state index in [1.165, 1.54) is 24.3 Å². The fourth-order valence-electron chi connectivity index (χ4n) is 2.54. The molecule has 0 saturated heterocycles. The van der Waals surface area contributed by atoms with Crippen molar-refractivity contribution in [2.24, 2.45) is 0 Å². The molecule has 138 valence electrons. The van der Waals surface area contributed by atoms with Gasteiger partial charge in [0.1, 0.15) is 18.2 Å². The Balaban J connectivity index is 1.71. The van der Waals surface area contributed by atoms with Gasteiger partial charge in [-0.2, -0.15) is 0 Å². The van der Waals surface area contributed by atoms with Crippen LogP contribution in [-0.2, 0) is 17.9 Å². The molecule has 0 saturated carbocycles. The zero-order valence-corrected chi connectivity index (χ0v) is 15.0. The van der Waals surface area contributed by atoms with Crippen LogP contribution in [0.25, 0.3) is 0 Å². The van der Waals surface area contributed by atoms with E-state index >= 15 is 0 Å². The van der Waals surface area contributed by atoms with E-state index in [2.05, 4.69) is 5.32 Å². The van der Waals surface area contributed by atoms with Gasteiger partial charge in [0.2, 0.25) is 0 Å². The lowest BCUT2D eigenvalue weighted by Crippen LogP contribution is -2.10. The van der Waals surface area contributed by atoms with Gasteiger partial charge in [0.05, 0.1) is 11.3 Å². The van der Waals surface area contributed by atoms with Crippen LogP contribution < -0.4 is 5.32 Å². The van der Waals surface area contributed by atoms with Gasteiger partial charge >= 0.3 is 5.97 Å². The predicted molar refractivity (Wildman–Crippen MR) is 101 cm³/mol. The van der Waals surface area contributed by atoms with E-state index < -0.39 is 11.8 Å². The summed E-state index contributed by atoms with van der Waals surface area (Å²) in [6, 6.07) is 16.7. The molecule has 0 amide bonds. The standard InChI is InChI=1S/C21H16ClF2NO2/c22-16-7-8-19(21(26)27-13-15-4-2-6-18(24)10-15)20(11-16)25-12-14-3-1-5-17(23)9-14/h1-11,25H,12-13H2. The Hall–Kier alpha value is -2.92. The highest BCUT2D eigenvalue weighted by molar-refractivity contribution is 6.31. The normalized spacial score (nSPS) is 10.5. The predicted octanol–water partition coefficient (Wildman–Crippen LogP) is 5.59. The molecule has 6 heteroatoms. The molecular formula is C21H16ClF2NO2. The average Bonchev–Trinajstić information content (AvgIpc) is 2.65. The van der Waals surface area contributed by atoms with Gasteiger partial charge in [-0.05, 0) is 53.6 Å². The second-order valence-electron chi connectivity index (χ2n) is 5.88. The Kier molecular flexibility index (Phi) is 6.04. The number of carbonyl (C=O) groups is 1. The lowest BCUT2D eigenvalue weighted by atomic mass is 10.1. The minimum Gasteiger partial charge on any atom is -0.457 e. The zero-order valence-electron chi connectivity index (χ0n) is 14.2. The molecule has 3 aromatic rings. The highest BCUT2D eigenvalue weighted by Crippen LogP contribution is 2.23. The first-order valence-corrected chi connectivity index (χ1v) is 8.58. The van der Waals surface area contributed by atoms with Crippen molar-refractivity contribution < 1.29 is 18.3 Å². The molecule has 27 heavy (non-hydrogen) atoms. The van der Waals surface area contributed by atoms with Gasteiger partial charge < -0.3 is 10.1 Å². The number of rotatable bonds is 6. The van der Waals surface area contributed by atoms with Gasteiger partial charge in [-0.25, -0.2) is 13.6 Å². The Morgan fingerprint density at radius 2 is 1.59 bits per heavy atom. The van der Waals surface area contributed by atoms with Gasteiger partial charge in [0.25, 0.3) is 0 Å². The number of carbonyl (C=O) groups excluding carboxylic acids is 1. The van der Waals surface area contributed by atoms with Crippen LogP contribution in [0.5, 0.6) is 0 Å². The third-order valence-electron chi connectivity index (χ3n) is 3.83. The molecule has 0 atom stereocenters. The second-order valence-corrected chi connectivity index (χ2v) is 6.32. The summed E-state index contributed by atoms with van der Waals surface area (Å²) < 4.78 is 31.8. The summed E-state index contributed by atoms with van der Waals surface area (Å²) in [5.41, 5.74) is 2.02. The van der Waals surface area contributed by atoms with Crippen LogP contribution in [0.2, 0.25) is 5.02 Å². The molecule has 0 aliphatic rings. The highest BCUT2D eigenvalue weighted by atomic mass is 35.5. The molecule has 3 aromatic carbocycles. The maximum atomic E-state index is 13.3. The van der Waals surface area contributed by atoms with Crippen LogP contribution in [0.15, 0.2) is 66.7 Å². The van der Waals surface area contributed by atoms with E-state index in [9.17, 15) is 13.6 Å². The van der Waals surface area contributed by atoms with Crippen LogP contribution in [0.4, 0.5) is 14.5 Å². The van der Waals surface area contributed by atoms with E-state index in [1.54, 1.807) is 42.5 Å². The molecule has 0 fully saturated rings. The van der Waals surface area contributed by atoms with Gasteiger partial charge in [-0.3, -0.25) is 0 Å². The molecule has 0 heterocycles. The first-order chi connectivity index (χ1) is 13.0. The SMILES string of the molecule is O=C(OCc1cccc(F)c1)c1ccc(Cl)cc1NCc1cccc(F)c1. The molecule has 0 aromatic heterocycles. The summed E-state index contributed by atoms with van der Waals surface area (Å²) in [7, 11) is 0. The second kappa shape index (κ2) is 8.64. The average molecular weight is 388 g/mol. The highest BCUT2D eigenvalue weighted by Gasteiger charge is 2.14. The third kappa shape index (κ3) is 5.28. The van der Waals surface area contributed by atoms with Crippen LogP contribution in [0.3, 0.4) is 0 Å². The Labute approximate surface area is 160 Å². The van der Waals surface area contributed by atoms with Crippen molar-refractivity contribution in [1.82, 2.24) is 0 Å². The van der Waals surface area contributed by atoms with E-state index in [4.69, 9.17) is 16.3 Å². The van der Waals surface area contributed by atoms with Crippen molar-refractivity contribution in [3.8, 4) is 0 Å². The maximum absolute atomic E-state index is 13.3. The molecule has 0 aliphatic carbocycles. The molecule has 1 N–H and O–H groups in total. The number of anilines is 1. The van der Waals surface area contributed by atoms with Gasteiger partial charge in [-0.15, -0.1) is 0 Å². The summed E-state index contributed by atoms with van der Waals surface area (Å²) in [4.78, 5) is 12.4. The molecule has 3 rings (SSSR count). The number of halogens is 3. The van der Waals surface area contributed by atoms with Crippen LogP contribution in [-0.4, -0.2) is 5.97 Å². The summed E-state index contributed by atoms with van der Waals surface area (Å²) in [5, 5.41) is 3.52. The van der Waals surface area contributed by atoms with Crippen molar-refractivity contribution in [2.75, 3.05) is 5.32 Å². The maximum Gasteiger partial charge on any atom is 0.340 e. The summed E-state index contributed by atoms with van der Waals surface area (Å²) >= 11 is 6.03. The van der Waals surface area contributed by atoms with E-state index in [1.807, 2.05) is 0 Å². The van der Waals surface area contributed by atoms with Gasteiger partial charge in [0.15, 0.2) is 0 Å². The lowest BCUT2D eigenvalue weighted by Gasteiger charge is -2.13. The Morgan fingerprint density at radius 1 is 0.926 bits per heavy atom. The Morgan fingerprint density at radius 3 is 2.30 bits per heavy atom. The molecule has 0 spiro atoms. The van der Waals surface area contributed by atoms with E-state index in [0.29, 0.717) is 28.4 Å². The first kappa shape index (κ1) is 18.9. The van der Waals surface area contributed by atoms with Crippen molar-refractivity contribution in [2.45, 2.75) is 13.2 Å². The number of hydrogen-bond donors (Lipinski definition) is 1.